The molecule has 14 nitrogen and oxygen atoms in total. The number of β-lactam (4-membered cyclic amide) rings is 1. The van der Waals surface area contributed by atoms with E-state index >= 15 is 4.79 Å². The molecule has 3 amide bonds. The molecule has 0 spiro atoms. The number of fused-ring (bicyclic) bond motifs is 1. The first-order valence-electron chi connectivity index (χ1n) is 24.9. The van der Waals surface area contributed by atoms with Crippen LogP contribution < -0.4 is 21.1 Å². The number of amides is 3. The second-order valence-electron chi connectivity index (χ2n) is 18.0. The van der Waals surface area contributed by atoms with E-state index in [1.54, 1.807) is 42.8 Å². The number of allylic oxidation sites excluding steroid dienone is 1. The Labute approximate surface area is 459 Å². The van der Waals surface area contributed by atoms with Crippen LogP contribution in [0.4, 0.5) is 9.93 Å². The summed E-state index contributed by atoms with van der Waals surface area (Å²) in [5, 5.41) is 13.1. The number of hydrogen-bond acceptors (Lipinski definition) is 13. The van der Waals surface area contributed by atoms with E-state index in [9.17, 15) is 14.4 Å². The highest BCUT2D eigenvalue weighted by molar-refractivity contribution is 8.00. The summed E-state index contributed by atoms with van der Waals surface area (Å²) in [6, 6.07) is 65.0. The van der Waals surface area contributed by atoms with Gasteiger partial charge in [0.2, 0.25) is 5.60 Å². The second kappa shape index (κ2) is 23.7. The van der Waals surface area contributed by atoms with Crippen LogP contribution in [-0.4, -0.2) is 70.4 Å². The number of benzene rings is 7. The summed E-state index contributed by atoms with van der Waals surface area (Å²) in [5.74, 6) is -1.22. The van der Waals surface area contributed by atoms with Crippen molar-refractivity contribution < 1.29 is 38.2 Å². The van der Waals surface area contributed by atoms with Crippen molar-refractivity contribution in [1.29, 1.82) is 0 Å². The minimum Gasteiger partial charge on any atom is -0.497 e. The number of hydrogen-bond donors (Lipinski definition) is 3. The largest absolute Gasteiger partial charge is 0.497 e. The van der Waals surface area contributed by atoms with E-state index in [4.69, 9.17) is 34.9 Å². The molecule has 10 rings (SSSR count). The van der Waals surface area contributed by atoms with Gasteiger partial charge < -0.3 is 35.4 Å². The zero-order chi connectivity index (χ0) is 53.9. The molecule has 0 saturated carbocycles. The normalized spacial score (nSPS) is 15.4. The lowest BCUT2D eigenvalue weighted by atomic mass is 9.77. The Morgan fingerprint density at radius 1 is 0.705 bits per heavy atom. The molecule has 4 N–H and O–H groups in total. The molecule has 2 atom stereocenters. The standard InChI is InChI=1S/C62H52N6O8S2/c1-73-50-36-34-42(35-37-50)39-75-58(71)54-43(21-20-38-74-59(63)72)40-77-57-53(56(70)68(54)57)65-55(69)52(67-76-62(47-28-14-5-15-29-47,48-30-16-6-17-31-48)49-32-18-7-19-33-49)51-41-78-60(64-51)66-61(44-22-8-2-9-23-44,45-24-10-3-11-25-45)46-26-12-4-13-27-46/h2-37,41,53,57H,38-40H2,1H3,(H2,63,72)(H,64,66)(H,65,69)/b21-20+,67-52-/t53-,57-/m1/s1. The third-order valence-electron chi connectivity index (χ3n) is 13.3. The number of carbonyl (C=O) groups is 4. The summed E-state index contributed by atoms with van der Waals surface area (Å²) in [5.41, 5.74) is 8.95. The summed E-state index contributed by atoms with van der Waals surface area (Å²) >= 11 is 2.61. The first-order chi connectivity index (χ1) is 38.2. The molecule has 1 aromatic heterocycles. The van der Waals surface area contributed by atoms with Gasteiger partial charge in [0.05, 0.1) is 7.11 Å². The number of methoxy groups -OCH3 is 1. The molecule has 78 heavy (non-hydrogen) atoms. The number of carbonyl (C=O) groups excluding carboxylic acids is 4. The van der Waals surface area contributed by atoms with Crippen molar-refractivity contribution in [3.63, 3.8) is 0 Å². The average Bonchev–Trinajstić information content (AvgIpc) is 4.10. The number of esters is 1. The highest BCUT2D eigenvalue weighted by Gasteiger charge is 2.55. The molecular formula is C62H52N6O8S2. The average molecular weight is 1070 g/mol. The van der Waals surface area contributed by atoms with Crippen LogP contribution in [0.25, 0.3) is 0 Å². The minimum atomic E-state index is -1.39. The number of primary amides is 1. The monoisotopic (exact) mass is 1070 g/mol. The Morgan fingerprint density at radius 2 is 1.21 bits per heavy atom. The SMILES string of the molecule is COc1ccc(COC(=O)C2=C(/C=C/COC(N)=O)CS[C@@H]3[C@H](NC(=O)/C(=N\OC(c4ccccc4)(c4ccccc4)c4ccccc4)c4csc(NC(c5ccccc5)(c5ccccc5)c5ccccc5)n4)C(=O)N23)cc1. The Hall–Kier alpha value is -9.25. The van der Waals surface area contributed by atoms with Crippen LogP contribution in [0, 0.1) is 0 Å². The van der Waals surface area contributed by atoms with E-state index in [2.05, 4.69) is 47.0 Å². The molecule has 0 aliphatic carbocycles. The number of nitrogens with two attached hydrogens (primary N) is 1. The van der Waals surface area contributed by atoms with Crippen molar-refractivity contribution in [3.05, 3.63) is 280 Å². The molecule has 8 aromatic rings. The van der Waals surface area contributed by atoms with E-state index in [0.29, 0.717) is 22.0 Å². The number of thioether (sulfide) groups is 1. The molecule has 7 aromatic carbocycles. The summed E-state index contributed by atoms with van der Waals surface area (Å²) < 4.78 is 16.0. The van der Waals surface area contributed by atoms with Crippen molar-refractivity contribution in [2.24, 2.45) is 10.9 Å². The zero-order valence-electron chi connectivity index (χ0n) is 42.1. The minimum absolute atomic E-state index is 0.0115. The van der Waals surface area contributed by atoms with Gasteiger partial charge in [-0.3, -0.25) is 14.5 Å². The highest BCUT2D eigenvalue weighted by atomic mass is 32.2. The first-order valence-corrected chi connectivity index (χ1v) is 26.8. The van der Waals surface area contributed by atoms with Gasteiger partial charge in [-0.05, 0) is 46.0 Å². The van der Waals surface area contributed by atoms with Crippen molar-refractivity contribution in [2.75, 3.05) is 24.8 Å². The van der Waals surface area contributed by atoms with E-state index in [-0.39, 0.29) is 36.1 Å². The van der Waals surface area contributed by atoms with E-state index in [1.807, 2.05) is 146 Å². The smallest absolute Gasteiger partial charge is 0.404 e. The van der Waals surface area contributed by atoms with Gasteiger partial charge in [0.25, 0.3) is 11.8 Å². The van der Waals surface area contributed by atoms with Crippen LogP contribution in [-0.2, 0) is 46.4 Å². The molecule has 1 saturated heterocycles. The third-order valence-corrected chi connectivity index (χ3v) is 15.4. The van der Waals surface area contributed by atoms with Gasteiger partial charge in [0.1, 0.15) is 47.3 Å². The van der Waals surface area contributed by atoms with Crippen LogP contribution >= 0.6 is 23.1 Å². The highest BCUT2D eigenvalue weighted by Crippen LogP contribution is 2.44. The van der Waals surface area contributed by atoms with E-state index in [0.717, 1.165) is 33.4 Å². The summed E-state index contributed by atoms with van der Waals surface area (Å²) in [4.78, 5) is 68.8. The van der Waals surface area contributed by atoms with Crippen LogP contribution in [0.15, 0.2) is 240 Å². The second-order valence-corrected chi connectivity index (χ2v) is 20.0. The summed E-state index contributed by atoms with van der Waals surface area (Å²) in [6.45, 7) is -0.268. The summed E-state index contributed by atoms with van der Waals surface area (Å²) in [7, 11) is 1.56. The molecule has 1 fully saturated rings. The molecule has 2 aliphatic rings. The molecule has 2 aliphatic heterocycles. The van der Waals surface area contributed by atoms with Gasteiger partial charge in [-0.1, -0.05) is 205 Å². The molecule has 0 radical (unpaired) electrons. The third kappa shape index (κ3) is 10.8. The number of nitrogens with one attached hydrogen (secondary N) is 2. The zero-order valence-corrected chi connectivity index (χ0v) is 43.8. The van der Waals surface area contributed by atoms with Gasteiger partial charge in [0, 0.05) is 27.8 Å². The van der Waals surface area contributed by atoms with Crippen molar-refractivity contribution in [1.82, 2.24) is 15.2 Å². The van der Waals surface area contributed by atoms with Crippen LogP contribution in [0.2, 0.25) is 0 Å². The van der Waals surface area contributed by atoms with Crippen LogP contribution in [0.5, 0.6) is 5.75 Å². The lowest BCUT2D eigenvalue weighted by Crippen LogP contribution is -2.71. The Kier molecular flexibility index (Phi) is 15.9. The molecule has 0 unspecified atom stereocenters. The maximum atomic E-state index is 15.3. The number of anilines is 1. The summed E-state index contributed by atoms with van der Waals surface area (Å²) in [6.07, 6.45) is 2.14. The van der Waals surface area contributed by atoms with E-state index < -0.39 is 46.4 Å². The number of oxime groups is 1. The molecule has 3 heterocycles. The van der Waals surface area contributed by atoms with E-state index in [1.165, 1.54) is 34.1 Å². The van der Waals surface area contributed by atoms with Crippen LogP contribution in [0.3, 0.4) is 0 Å². The fraction of sp³-hybridized carbons (Fsp3) is 0.129. The van der Waals surface area contributed by atoms with Gasteiger partial charge in [-0.2, -0.15) is 0 Å². The Morgan fingerprint density at radius 3 is 1.69 bits per heavy atom. The molecule has 390 valence electrons. The lowest BCUT2D eigenvalue weighted by molar-refractivity contribution is -0.153. The lowest BCUT2D eigenvalue weighted by Gasteiger charge is -2.49. The number of rotatable bonds is 20. The van der Waals surface area contributed by atoms with Crippen molar-refractivity contribution in [3.8, 4) is 5.75 Å². The first kappa shape index (κ1) is 52.2. The number of nitrogens with zero attached hydrogens (tertiary/aromatic N) is 3. The molecule has 16 heteroatoms. The van der Waals surface area contributed by atoms with Gasteiger partial charge in [-0.25, -0.2) is 14.6 Å². The maximum Gasteiger partial charge on any atom is 0.404 e. The number of aromatic nitrogens is 1. The van der Waals surface area contributed by atoms with Crippen molar-refractivity contribution >= 4 is 57.8 Å². The predicted octanol–water partition coefficient (Wildman–Crippen LogP) is 10.3. The van der Waals surface area contributed by atoms with Gasteiger partial charge in [0.15, 0.2) is 10.8 Å². The number of thiazole rings is 1. The molecular weight excluding hydrogens is 1020 g/mol. The Balaban J connectivity index is 1.04. The fourth-order valence-corrected chi connectivity index (χ4v) is 11.7. The van der Waals surface area contributed by atoms with Gasteiger partial charge >= 0.3 is 12.1 Å². The van der Waals surface area contributed by atoms with Gasteiger partial charge in [-0.15, -0.1) is 23.1 Å². The number of ether oxygens (including phenoxy) is 3. The fourth-order valence-electron chi connectivity index (χ4n) is 9.61. The predicted molar refractivity (Wildman–Crippen MR) is 301 cm³/mol. The van der Waals surface area contributed by atoms with Crippen LogP contribution in [0.1, 0.15) is 44.6 Å². The topological polar surface area (TPSA) is 184 Å². The van der Waals surface area contributed by atoms with Crippen molar-refractivity contribution in [2.45, 2.75) is 29.2 Å². The molecule has 0 bridgehead atoms. The maximum absolute atomic E-state index is 15.3. The quantitative estimate of drug-likeness (QED) is 0.0217. The Bertz CT molecular complexity index is 3280.